The molecule has 1 heterocycles. The molecule has 0 aromatic heterocycles. The van der Waals surface area contributed by atoms with Gasteiger partial charge in [0.25, 0.3) is 0 Å². The van der Waals surface area contributed by atoms with Gasteiger partial charge >= 0.3 is 6.03 Å². The van der Waals surface area contributed by atoms with E-state index in [9.17, 15) is 14.0 Å². The summed E-state index contributed by atoms with van der Waals surface area (Å²) in [7, 11) is 1.57. The first-order chi connectivity index (χ1) is 14.4. The Morgan fingerprint density at radius 3 is 2.70 bits per heavy atom. The van der Waals surface area contributed by atoms with Gasteiger partial charge in [-0.05, 0) is 56.0 Å². The average molecular weight is 413 g/mol. The highest BCUT2D eigenvalue weighted by atomic mass is 19.1. The Morgan fingerprint density at radius 1 is 1.20 bits per heavy atom. The Bertz CT molecular complexity index is 918. The lowest BCUT2D eigenvalue weighted by Crippen LogP contribution is -2.49. The Hall–Kier alpha value is -3.09. The fourth-order valence-electron chi connectivity index (χ4n) is 3.83. The second-order valence-electron chi connectivity index (χ2n) is 7.51. The van der Waals surface area contributed by atoms with Crippen molar-refractivity contribution in [2.75, 3.05) is 25.5 Å². The monoisotopic (exact) mass is 413 g/mol. The van der Waals surface area contributed by atoms with E-state index in [1.165, 1.54) is 6.07 Å². The number of urea groups is 1. The van der Waals surface area contributed by atoms with E-state index >= 15 is 0 Å². The van der Waals surface area contributed by atoms with Crippen molar-refractivity contribution < 1.29 is 18.7 Å². The first kappa shape index (κ1) is 21.6. The fraction of sp³-hybridized carbons (Fsp3) is 0.391. The molecule has 2 atom stereocenters. The van der Waals surface area contributed by atoms with Crippen molar-refractivity contribution in [3.05, 3.63) is 59.4 Å². The molecular formula is C23H28FN3O3. The molecule has 6 nitrogen and oxygen atoms in total. The maximum atomic E-state index is 13.7. The number of nitrogens with zero attached hydrogens (tertiary/aromatic N) is 1. The summed E-state index contributed by atoms with van der Waals surface area (Å²) in [6, 6.07) is 11.7. The molecular weight excluding hydrogens is 385 g/mol. The molecule has 2 aromatic rings. The van der Waals surface area contributed by atoms with E-state index < -0.39 is 0 Å². The van der Waals surface area contributed by atoms with Crippen LogP contribution in [-0.2, 0) is 4.79 Å². The summed E-state index contributed by atoms with van der Waals surface area (Å²) in [5.74, 6) is -0.0790. The minimum atomic E-state index is -0.336. The summed E-state index contributed by atoms with van der Waals surface area (Å²) in [6.45, 7) is 4.35. The van der Waals surface area contributed by atoms with Gasteiger partial charge in [0, 0.05) is 24.8 Å². The third-order valence-electron chi connectivity index (χ3n) is 5.45. The number of halogens is 1. The smallest absolute Gasteiger partial charge is 0.317 e. The highest BCUT2D eigenvalue weighted by molar-refractivity contribution is 5.93. The number of hydrogen-bond acceptors (Lipinski definition) is 3. The van der Waals surface area contributed by atoms with E-state index in [2.05, 4.69) is 10.6 Å². The van der Waals surface area contributed by atoms with Crippen LogP contribution in [0.2, 0.25) is 0 Å². The van der Waals surface area contributed by atoms with Crippen LogP contribution in [0.1, 0.15) is 36.9 Å². The molecule has 1 saturated heterocycles. The lowest BCUT2D eigenvalue weighted by atomic mass is 9.88. The summed E-state index contributed by atoms with van der Waals surface area (Å²) in [5.41, 5.74) is 2.08. The predicted molar refractivity (Wildman–Crippen MR) is 114 cm³/mol. The molecule has 2 unspecified atom stereocenters. The molecule has 0 saturated carbocycles. The van der Waals surface area contributed by atoms with Crippen LogP contribution in [0.5, 0.6) is 5.75 Å². The molecule has 0 bridgehead atoms. The molecule has 3 rings (SSSR count). The molecule has 30 heavy (non-hydrogen) atoms. The van der Waals surface area contributed by atoms with Crippen LogP contribution in [0, 0.1) is 18.7 Å². The van der Waals surface area contributed by atoms with Gasteiger partial charge in [-0.25, -0.2) is 9.18 Å². The predicted octanol–water partition coefficient (Wildman–Crippen LogP) is 4.26. The van der Waals surface area contributed by atoms with E-state index in [1.54, 1.807) is 43.2 Å². The van der Waals surface area contributed by atoms with Crippen molar-refractivity contribution in [1.29, 1.82) is 0 Å². The van der Waals surface area contributed by atoms with Gasteiger partial charge in [0.15, 0.2) is 0 Å². The van der Waals surface area contributed by atoms with Crippen LogP contribution in [0.4, 0.5) is 14.9 Å². The number of hydrogen-bond donors (Lipinski definition) is 2. The number of amides is 3. The second-order valence-corrected chi connectivity index (χ2v) is 7.51. The lowest BCUT2D eigenvalue weighted by Gasteiger charge is -2.39. The number of aryl methyl sites for hydroxylation is 1. The van der Waals surface area contributed by atoms with Gasteiger partial charge < -0.3 is 20.3 Å². The molecule has 1 aliphatic rings. The minimum Gasteiger partial charge on any atom is -0.497 e. The van der Waals surface area contributed by atoms with Crippen molar-refractivity contribution in [2.24, 2.45) is 5.92 Å². The molecule has 160 valence electrons. The zero-order chi connectivity index (χ0) is 21.7. The normalized spacial score (nSPS) is 18.6. The Labute approximate surface area is 176 Å². The standard InChI is InChI=1S/C23H28FN3O3/c1-4-25-23(29)27-14-17(22(28)26-18-6-5-7-19(13-18)30-3)9-11-21(27)16-8-10-20(24)15(2)12-16/h5-8,10,12-13,17,21H,4,9,11,14H2,1-3H3,(H,25,29)(H,26,28). The van der Waals surface area contributed by atoms with Crippen LogP contribution in [0.3, 0.4) is 0 Å². The number of nitrogens with one attached hydrogen (secondary N) is 2. The van der Waals surface area contributed by atoms with Gasteiger partial charge in [-0.3, -0.25) is 4.79 Å². The number of likely N-dealkylation sites (tertiary alicyclic amines) is 1. The van der Waals surface area contributed by atoms with E-state index in [4.69, 9.17) is 4.74 Å². The number of rotatable bonds is 5. The van der Waals surface area contributed by atoms with Crippen molar-refractivity contribution in [3.63, 3.8) is 0 Å². The molecule has 2 aromatic carbocycles. The summed E-state index contributed by atoms with van der Waals surface area (Å²) in [6.07, 6.45) is 1.26. The van der Waals surface area contributed by atoms with Crippen molar-refractivity contribution >= 4 is 17.6 Å². The molecule has 1 fully saturated rings. The molecule has 0 radical (unpaired) electrons. The van der Waals surface area contributed by atoms with Crippen molar-refractivity contribution in [1.82, 2.24) is 10.2 Å². The van der Waals surface area contributed by atoms with Crippen LogP contribution >= 0.6 is 0 Å². The number of anilines is 1. The maximum Gasteiger partial charge on any atom is 0.317 e. The van der Waals surface area contributed by atoms with E-state index in [1.807, 2.05) is 19.1 Å². The molecule has 0 aliphatic carbocycles. The average Bonchev–Trinajstić information content (AvgIpc) is 2.75. The number of carbonyl (C=O) groups is 2. The van der Waals surface area contributed by atoms with Crippen LogP contribution in [0.15, 0.2) is 42.5 Å². The summed E-state index contributed by atoms with van der Waals surface area (Å²) in [5, 5.41) is 5.75. The van der Waals surface area contributed by atoms with Crippen molar-refractivity contribution in [2.45, 2.75) is 32.7 Å². The minimum absolute atomic E-state index is 0.133. The highest BCUT2D eigenvalue weighted by Crippen LogP contribution is 2.34. The van der Waals surface area contributed by atoms with Gasteiger partial charge in [-0.2, -0.15) is 0 Å². The largest absolute Gasteiger partial charge is 0.497 e. The maximum absolute atomic E-state index is 13.7. The first-order valence-electron chi connectivity index (χ1n) is 10.2. The van der Waals surface area contributed by atoms with E-state index in [0.29, 0.717) is 42.9 Å². The SMILES string of the molecule is CCNC(=O)N1CC(C(=O)Nc2cccc(OC)c2)CCC1c1ccc(F)c(C)c1. The molecule has 2 N–H and O–H groups in total. The molecule has 0 spiro atoms. The topological polar surface area (TPSA) is 70.7 Å². The quantitative estimate of drug-likeness (QED) is 0.769. The van der Waals surface area contributed by atoms with E-state index in [-0.39, 0.29) is 29.7 Å². The van der Waals surface area contributed by atoms with Gasteiger partial charge in [0.05, 0.1) is 19.1 Å². The Kier molecular flexibility index (Phi) is 6.92. The number of methoxy groups -OCH3 is 1. The van der Waals surface area contributed by atoms with Gasteiger partial charge in [0.2, 0.25) is 5.91 Å². The molecule has 1 aliphatic heterocycles. The zero-order valence-electron chi connectivity index (χ0n) is 17.6. The van der Waals surface area contributed by atoms with Gasteiger partial charge in [0.1, 0.15) is 11.6 Å². The van der Waals surface area contributed by atoms with Crippen molar-refractivity contribution in [3.8, 4) is 5.75 Å². The second kappa shape index (κ2) is 9.61. The zero-order valence-corrected chi connectivity index (χ0v) is 17.6. The third kappa shape index (κ3) is 4.90. The van der Waals surface area contributed by atoms with Crippen LogP contribution in [0.25, 0.3) is 0 Å². The van der Waals surface area contributed by atoms with Crippen LogP contribution in [-0.4, -0.2) is 37.0 Å². The molecule has 7 heteroatoms. The van der Waals surface area contributed by atoms with Gasteiger partial charge in [-0.15, -0.1) is 0 Å². The molecule has 3 amide bonds. The summed E-state index contributed by atoms with van der Waals surface area (Å²) >= 11 is 0. The van der Waals surface area contributed by atoms with Gasteiger partial charge in [-0.1, -0.05) is 18.2 Å². The number of ether oxygens (including phenoxy) is 1. The summed E-state index contributed by atoms with van der Waals surface area (Å²) < 4.78 is 18.9. The Balaban J connectivity index is 1.77. The van der Waals surface area contributed by atoms with E-state index in [0.717, 1.165) is 5.56 Å². The number of carbonyl (C=O) groups excluding carboxylic acids is 2. The number of benzene rings is 2. The van der Waals surface area contributed by atoms with Crippen LogP contribution < -0.4 is 15.4 Å². The lowest BCUT2D eigenvalue weighted by molar-refractivity contribution is -0.121. The first-order valence-corrected chi connectivity index (χ1v) is 10.2. The highest BCUT2D eigenvalue weighted by Gasteiger charge is 2.35. The fourth-order valence-corrected chi connectivity index (χ4v) is 3.83. The number of piperidine rings is 1. The Morgan fingerprint density at radius 2 is 2.00 bits per heavy atom. The summed E-state index contributed by atoms with van der Waals surface area (Å²) in [4.78, 5) is 27.3. The third-order valence-corrected chi connectivity index (χ3v) is 5.45.